The van der Waals surface area contributed by atoms with Crippen molar-refractivity contribution in [2.24, 2.45) is 0 Å². The minimum Gasteiger partial charge on any atom is -0.348 e. The molecule has 2 nitrogen and oxygen atoms in total. The van der Waals surface area contributed by atoms with Gasteiger partial charge in [-0.3, -0.25) is 0 Å². The molecule has 0 bridgehead atoms. The number of hydrogen-bond donors (Lipinski definition) is 0. The summed E-state index contributed by atoms with van der Waals surface area (Å²) >= 11 is 0. The Morgan fingerprint density at radius 1 is 1.22 bits per heavy atom. The molecule has 52 valence electrons. The first-order chi connectivity index (χ1) is 4.12. The van der Waals surface area contributed by atoms with Crippen LogP contribution in [-0.2, 0) is 9.47 Å². The van der Waals surface area contributed by atoms with Crippen LogP contribution >= 0.6 is 0 Å². The normalized spacial score (nSPS) is 35.3. The molecule has 0 amide bonds. The van der Waals surface area contributed by atoms with Crippen LogP contribution in [0.2, 0.25) is 0 Å². The highest BCUT2D eigenvalue weighted by molar-refractivity contribution is 5.00. The van der Waals surface area contributed by atoms with Gasteiger partial charge in [-0.15, -0.1) is 0 Å². The molecule has 2 fully saturated rings. The molecule has 9 heavy (non-hydrogen) atoms. The van der Waals surface area contributed by atoms with Gasteiger partial charge in [-0.05, 0) is 26.7 Å². The lowest BCUT2D eigenvalue weighted by Crippen LogP contribution is -2.21. The van der Waals surface area contributed by atoms with Crippen LogP contribution in [0.1, 0.15) is 26.7 Å². The minimum absolute atomic E-state index is 0.156. The lowest BCUT2D eigenvalue weighted by atomic mass is 10.4. The van der Waals surface area contributed by atoms with Crippen LogP contribution in [0.15, 0.2) is 0 Å². The first kappa shape index (κ1) is 5.69. The van der Waals surface area contributed by atoms with Crippen molar-refractivity contribution in [3.8, 4) is 0 Å². The summed E-state index contributed by atoms with van der Waals surface area (Å²) in [6.45, 7) is 4.75. The molecular weight excluding hydrogens is 116 g/mol. The van der Waals surface area contributed by atoms with Crippen molar-refractivity contribution in [3.05, 3.63) is 0 Å². The largest absolute Gasteiger partial charge is 0.348 e. The maximum Gasteiger partial charge on any atom is 0.163 e. The third-order valence-corrected chi connectivity index (χ3v) is 1.95. The van der Waals surface area contributed by atoms with E-state index in [9.17, 15) is 0 Å². The van der Waals surface area contributed by atoms with E-state index in [0.717, 1.165) is 6.61 Å². The molecule has 1 aliphatic carbocycles. The standard InChI is InChI=1S/C7H12O2/c1-6(2)8-5-7(9-6)3-4-7/h3-5H2,1-2H3. The highest BCUT2D eigenvalue weighted by atomic mass is 16.8. The fourth-order valence-corrected chi connectivity index (χ4v) is 1.27. The van der Waals surface area contributed by atoms with Gasteiger partial charge in [-0.25, -0.2) is 0 Å². The lowest BCUT2D eigenvalue weighted by Gasteiger charge is -2.16. The molecule has 2 rings (SSSR count). The molecule has 0 N–H and O–H groups in total. The summed E-state index contributed by atoms with van der Waals surface area (Å²) < 4.78 is 11.0. The van der Waals surface area contributed by atoms with Crippen molar-refractivity contribution >= 4 is 0 Å². The second kappa shape index (κ2) is 1.32. The third kappa shape index (κ3) is 0.864. The Balaban J connectivity index is 2.08. The molecule has 1 saturated heterocycles. The monoisotopic (exact) mass is 128 g/mol. The molecule has 0 aromatic carbocycles. The average Bonchev–Trinajstić information content (AvgIpc) is 2.36. The van der Waals surface area contributed by atoms with Crippen LogP contribution in [0.3, 0.4) is 0 Å². The van der Waals surface area contributed by atoms with Crippen LogP contribution in [0.4, 0.5) is 0 Å². The Kier molecular flexibility index (Phi) is 0.837. The van der Waals surface area contributed by atoms with E-state index in [1.54, 1.807) is 0 Å². The fourth-order valence-electron chi connectivity index (χ4n) is 1.27. The molecule has 1 heterocycles. The van der Waals surface area contributed by atoms with E-state index in [1.807, 2.05) is 13.8 Å². The second-order valence-corrected chi connectivity index (χ2v) is 3.47. The van der Waals surface area contributed by atoms with Gasteiger partial charge in [0.2, 0.25) is 0 Å². The van der Waals surface area contributed by atoms with Gasteiger partial charge < -0.3 is 9.47 Å². The summed E-state index contributed by atoms with van der Waals surface area (Å²) in [6.07, 6.45) is 2.38. The first-order valence-corrected chi connectivity index (χ1v) is 3.46. The van der Waals surface area contributed by atoms with Crippen LogP contribution < -0.4 is 0 Å². The highest BCUT2D eigenvalue weighted by Crippen LogP contribution is 2.47. The highest BCUT2D eigenvalue weighted by Gasteiger charge is 2.53. The SMILES string of the molecule is CC1(C)OCC2(CC2)O1. The maximum absolute atomic E-state index is 5.62. The zero-order valence-electron chi connectivity index (χ0n) is 5.94. The van der Waals surface area contributed by atoms with Crippen LogP contribution in [-0.4, -0.2) is 18.0 Å². The summed E-state index contributed by atoms with van der Waals surface area (Å²) in [6, 6.07) is 0. The topological polar surface area (TPSA) is 18.5 Å². The molecule has 1 spiro atoms. The van der Waals surface area contributed by atoms with E-state index in [-0.39, 0.29) is 11.4 Å². The Hall–Kier alpha value is -0.0800. The Morgan fingerprint density at radius 3 is 2.11 bits per heavy atom. The molecule has 1 aliphatic heterocycles. The quantitative estimate of drug-likeness (QED) is 0.489. The van der Waals surface area contributed by atoms with E-state index in [2.05, 4.69) is 0 Å². The molecule has 0 atom stereocenters. The zero-order chi connectivity index (χ0) is 6.54. The predicted molar refractivity (Wildman–Crippen MR) is 33.1 cm³/mol. The van der Waals surface area contributed by atoms with Crippen LogP contribution in [0.5, 0.6) is 0 Å². The van der Waals surface area contributed by atoms with E-state index in [0.29, 0.717) is 0 Å². The molecule has 0 radical (unpaired) electrons. The van der Waals surface area contributed by atoms with Crippen molar-refractivity contribution in [1.82, 2.24) is 0 Å². The maximum atomic E-state index is 5.62. The summed E-state index contributed by atoms with van der Waals surface area (Å²) in [7, 11) is 0. The predicted octanol–water partition coefficient (Wildman–Crippen LogP) is 1.30. The van der Waals surface area contributed by atoms with Gasteiger partial charge >= 0.3 is 0 Å². The van der Waals surface area contributed by atoms with E-state index >= 15 is 0 Å². The van der Waals surface area contributed by atoms with Crippen LogP contribution in [0.25, 0.3) is 0 Å². The smallest absolute Gasteiger partial charge is 0.163 e. The third-order valence-electron chi connectivity index (χ3n) is 1.95. The molecule has 2 aliphatic rings. The summed E-state index contributed by atoms with van der Waals surface area (Å²) in [4.78, 5) is 0. The van der Waals surface area contributed by atoms with Gasteiger partial charge in [0.05, 0.1) is 12.2 Å². The van der Waals surface area contributed by atoms with Crippen LogP contribution in [0, 0.1) is 0 Å². The van der Waals surface area contributed by atoms with E-state index < -0.39 is 0 Å². The van der Waals surface area contributed by atoms with Crippen molar-refractivity contribution in [1.29, 1.82) is 0 Å². The van der Waals surface area contributed by atoms with Gasteiger partial charge in [-0.1, -0.05) is 0 Å². The minimum atomic E-state index is -0.309. The number of hydrogen-bond acceptors (Lipinski definition) is 2. The average molecular weight is 128 g/mol. The molecule has 1 saturated carbocycles. The summed E-state index contributed by atoms with van der Waals surface area (Å²) in [5.74, 6) is -0.309. The van der Waals surface area contributed by atoms with Gasteiger partial charge in [-0.2, -0.15) is 0 Å². The van der Waals surface area contributed by atoms with E-state index in [1.165, 1.54) is 12.8 Å². The second-order valence-electron chi connectivity index (χ2n) is 3.47. The molecular formula is C7H12O2. The molecule has 2 heteroatoms. The van der Waals surface area contributed by atoms with Crippen molar-refractivity contribution < 1.29 is 9.47 Å². The molecule has 0 aromatic rings. The van der Waals surface area contributed by atoms with Gasteiger partial charge in [0.15, 0.2) is 5.79 Å². The molecule has 0 aromatic heterocycles. The van der Waals surface area contributed by atoms with Crippen molar-refractivity contribution in [3.63, 3.8) is 0 Å². The summed E-state index contributed by atoms with van der Waals surface area (Å²) in [5, 5.41) is 0. The fraction of sp³-hybridized carbons (Fsp3) is 1.00. The Morgan fingerprint density at radius 2 is 1.89 bits per heavy atom. The Labute approximate surface area is 55.1 Å². The lowest BCUT2D eigenvalue weighted by molar-refractivity contribution is -0.142. The van der Waals surface area contributed by atoms with Gasteiger partial charge in [0.1, 0.15) is 0 Å². The Bertz CT molecular complexity index is 132. The molecule has 0 unspecified atom stereocenters. The number of ether oxygens (including phenoxy) is 2. The zero-order valence-corrected chi connectivity index (χ0v) is 5.94. The van der Waals surface area contributed by atoms with Gasteiger partial charge in [0, 0.05) is 0 Å². The first-order valence-electron chi connectivity index (χ1n) is 3.46. The van der Waals surface area contributed by atoms with E-state index in [4.69, 9.17) is 9.47 Å². The van der Waals surface area contributed by atoms with Crippen molar-refractivity contribution in [2.75, 3.05) is 6.61 Å². The van der Waals surface area contributed by atoms with Gasteiger partial charge in [0.25, 0.3) is 0 Å². The summed E-state index contributed by atoms with van der Waals surface area (Å²) in [5.41, 5.74) is 0.156. The van der Waals surface area contributed by atoms with Crippen molar-refractivity contribution in [2.45, 2.75) is 38.1 Å². The number of rotatable bonds is 0.